The van der Waals surface area contributed by atoms with Crippen molar-refractivity contribution in [3.05, 3.63) is 69.8 Å². The van der Waals surface area contributed by atoms with Crippen LogP contribution in [0.15, 0.2) is 41.6 Å². The van der Waals surface area contributed by atoms with E-state index in [2.05, 4.69) is 22.2 Å². The SMILES string of the molecule is C/C(=N\OCc1ccc(C2CCCCC2)c(C(F)(F)F)c1)c1ccc(CN2CC(C(N)=O)C2)c(C2CC2)c1. The van der Waals surface area contributed by atoms with Gasteiger partial charge >= 0.3 is 6.18 Å². The largest absolute Gasteiger partial charge is 0.416 e. The smallest absolute Gasteiger partial charge is 0.391 e. The maximum Gasteiger partial charge on any atom is 0.416 e. The highest BCUT2D eigenvalue weighted by Crippen LogP contribution is 2.43. The molecule has 5 rings (SSSR count). The normalized spacial score (nSPS) is 19.8. The first-order valence-electron chi connectivity index (χ1n) is 13.7. The Kier molecular flexibility index (Phi) is 7.80. The molecule has 204 valence electrons. The fourth-order valence-corrected chi connectivity index (χ4v) is 5.82. The zero-order valence-electron chi connectivity index (χ0n) is 21.9. The number of carbonyl (C=O) groups is 1. The molecule has 1 amide bonds. The average molecular weight is 528 g/mol. The summed E-state index contributed by atoms with van der Waals surface area (Å²) in [4.78, 5) is 19.1. The minimum atomic E-state index is -4.39. The van der Waals surface area contributed by atoms with Crippen LogP contribution in [0.1, 0.15) is 97.1 Å². The molecule has 5 nitrogen and oxygen atoms in total. The van der Waals surface area contributed by atoms with Crippen molar-refractivity contribution >= 4 is 11.6 Å². The molecular formula is C30H36F3N3O2. The molecule has 1 heterocycles. The number of oxime groups is 1. The summed E-state index contributed by atoms with van der Waals surface area (Å²) < 4.78 is 41.6. The topological polar surface area (TPSA) is 67.9 Å². The summed E-state index contributed by atoms with van der Waals surface area (Å²) in [5, 5.41) is 4.24. The van der Waals surface area contributed by atoms with Gasteiger partial charge in [0.05, 0.1) is 17.2 Å². The van der Waals surface area contributed by atoms with E-state index in [1.807, 2.05) is 13.0 Å². The Balaban J connectivity index is 1.25. The number of nitrogens with two attached hydrogens (primary N) is 1. The summed E-state index contributed by atoms with van der Waals surface area (Å²) >= 11 is 0. The van der Waals surface area contributed by atoms with Crippen LogP contribution in [-0.2, 0) is 29.0 Å². The van der Waals surface area contributed by atoms with Gasteiger partial charge in [-0.2, -0.15) is 13.2 Å². The Labute approximate surface area is 222 Å². The van der Waals surface area contributed by atoms with Crippen molar-refractivity contribution < 1.29 is 22.8 Å². The summed E-state index contributed by atoms with van der Waals surface area (Å²) in [7, 11) is 0. The third kappa shape index (κ3) is 6.22. The van der Waals surface area contributed by atoms with Gasteiger partial charge in [0, 0.05) is 19.6 Å². The lowest BCUT2D eigenvalue weighted by Crippen LogP contribution is -2.51. The van der Waals surface area contributed by atoms with E-state index in [-0.39, 0.29) is 24.3 Å². The molecule has 2 aromatic carbocycles. The fourth-order valence-electron chi connectivity index (χ4n) is 5.82. The van der Waals surface area contributed by atoms with E-state index in [0.717, 1.165) is 57.1 Å². The zero-order chi connectivity index (χ0) is 26.9. The van der Waals surface area contributed by atoms with Gasteiger partial charge in [-0.1, -0.05) is 48.7 Å². The fraction of sp³-hybridized carbons (Fsp3) is 0.533. The van der Waals surface area contributed by atoms with E-state index in [0.29, 0.717) is 35.8 Å². The second-order valence-corrected chi connectivity index (χ2v) is 11.2. The molecule has 2 N–H and O–H groups in total. The third-order valence-electron chi connectivity index (χ3n) is 8.24. The monoisotopic (exact) mass is 527 g/mol. The van der Waals surface area contributed by atoms with Crippen molar-refractivity contribution in [2.75, 3.05) is 13.1 Å². The minimum absolute atomic E-state index is 0.0189. The van der Waals surface area contributed by atoms with E-state index in [1.165, 1.54) is 17.2 Å². The van der Waals surface area contributed by atoms with Crippen LogP contribution in [0, 0.1) is 5.92 Å². The molecule has 2 aromatic rings. The predicted octanol–water partition coefficient (Wildman–Crippen LogP) is 6.49. The van der Waals surface area contributed by atoms with Crippen molar-refractivity contribution in [2.24, 2.45) is 16.8 Å². The summed E-state index contributed by atoms with van der Waals surface area (Å²) in [6.45, 7) is 4.03. The van der Waals surface area contributed by atoms with Crippen LogP contribution in [-0.4, -0.2) is 29.6 Å². The van der Waals surface area contributed by atoms with Crippen LogP contribution >= 0.6 is 0 Å². The quantitative estimate of drug-likeness (QED) is 0.299. The lowest BCUT2D eigenvalue weighted by Gasteiger charge is -2.37. The van der Waals surface area contributed by atoms with Crippen LogP contribution in [0.4, 0.5) is 13.2 Å². The summed E-state index contributed by atoms with van der Waals surface area (Å²) in [6, 6.07) is 10.9. The van der Waals surface area contributed by atoms with E-state index in [4.69, 9.17) is 10.6 Å². The summed E-state index contributed by atoms with van der Waals surface area (Å²) in [5.74, 6) is 0.224. The zero-order valence-corrected chi connectivity index (χ0v) is 21.9. The molecule has 3 fully saturated rings. The standard InChI is InChI=1S/C30H36F3N3O2/c1-19(23-10-11-24(27(14-23)22-8-9-22)15-36-16-25(17-36)29(34)37)35-38-18-20-7-12-26(21-5-3-2-4-6-21)28(13-20)30(31,32)33/h7,10-14,21-22,25H,2-6,8-9,15-18H2,1H3,(H2,34,37)/b35-19+. The van der Waals surface area contributed by atoms with Crippen LogP contribution in [0.25, 0.3) is 0 Å². The first-order chi connectivity index (χ1) is 18.2. The lowest BCUT2D eigenvalue weighted by atomic mass is 9.81. The van der Waals surface area contributed by atoms with E-state index >= 15 is 0 Å². The molecule has 0 unspecified atom stereocenters. The molecule has 3 aliphatic rings. The second-order valence-electron chi connectivity index (χ2n) is 11.2. The molecule has 2 aliphatic carbocycles. The van der Waals surface area contributed by atoms with Gasteiger partial charge in [0.15, 0.2) is 0 Å². The van der Waals surface area contributed by atoms with Crippen LogP contribution in [0.2, 0.25) is 0 Å². The third-order valence-corrected chi connectivity index (χ3v) is 8.24. The van der Waals surface area contributed by atoms with Crippen LogP contribution < -0.4 is 5.73 Å². The number of hydrogen-bond donors (Lipinski definition) is 1. The highest BCUT2D eigenvalue weighted by molar-refractivity contribution is 5.98. The Morgan fingerprint density at radius 2 is 1.71 bits per heavy atom. The molecule has 0 radical (unpaired) electrons. The second kappa shape index (κ2) is 11.1. The molecule has 2 saturated carbocycles. The Morgan fingerprint density at radius 1 is 1.00 bits per heavy atom. The maximum absolute atomic E-state index is 13.9. The number of carbonyl (C=O) groups excluding carboxylic acids is 1. The van der Waals surface area contributed by atoms with Crippen molar-refractivity contribution in [1.82, 2.24) is 4.90 Å². The van der Waals surface area contributed by atoms with Crippen molar-refractivity contribution in [3.8, 4) is 0 Å². The van der Waals surface area contributed by atoms with Gasteiger partial charge in [-0.25, -0.2) is 0 Å². The average Bonchev–Trinajstić information content (AvgIpc) is 3.71. The number of benzene rings is 2. The first-order valence-corrected chi connectivity index (χ1v) is 13.7. The van der Waals surface area contributed by atoms with Crippen molar-refractivity contribution in [2.45, 2.75) is 83.0 Å². The van der Waals surface area contributed by atoms with Gasteiger partial charge in [-0.15, -0.1) is 0 Å². The number of amides is 1. The highest BCUT2D eigenvalue weighted by atomic mass is 19.4. The number of rotatable bonds is 9. The highest BCUT2D eigenvalue weighted by Gasteiger charge is 2.36. The number of hydrogen-bond acceptors (Lipinski definition) is 4. The van der Waals surface area contributed by atoms with Crippen LogP contribution in [0.5, 0.6) is 0 Å². The lowest BCUT2D eigenvalue weighted by molar-refractivity contribution is -0.138. The minimum Gasteiger partial charge on any atom is -0.391 e. The number of alkyl halides is 3. The van der Waals surface area contributed by atoms with Gasteiger partial charge in [-0.3, -0.25) is 9.69 Å². The Morgan fingerprint density at radius 3 is 2.37 bits per heavy atom. The molecule has 0 aromatic heterocycles. The molecular weight excluding hydrogens is 491 g/mol. The van der Waals surface area contributed by atoms with Crippen molar-refractivity contribution in [3.63, 3.8) is 0 Å². The maximum atomic E-state index is 13.9. The summed E-state index contributed by atoms with van der Waals surface area (Å²) in [5.41, 5.74) is 9.91. The Bertz CT molecular complexity index is 1190. The van der Waals surface area contributed by atoms with Gasteiger partial charge < -0.3 is 10.6 Å². The van der Waals surface area contributed by atoms with Crippen molar-refractivity contribution in [1.29, 1.82) is 0 Å². The number of likely N-dealkylation sites (tertiary alicyclic amines) is 1. The van der Waals surface area contributed by atoms with E-state index in [1.54, 1.807) is 12.1 Å². The molecule has 1 aliphatic heterocycles. The van der Waals surface area contributed by atoms with E-state index < -0.39 is 11.7 Å². The molecule has 38 heavy (non-hydrogen) atoms. The van der Waals surface area contributed by atoms with Crippen LogP contribution in [0.3, 0.4) is 0 Å². The summed E-state index contributed by atoms with van der Waals surface area (Å²) in [6.07, 6.45) is 2.63. The van der Waals surface area contributed by atoms with Gasteiger partial charge in [0.25, 0.3) is 0 Å². The molecule has 8 heteroatoms. The molecule has 0 atom stereocenters. The molecule has 0 bridgehead atoms. The van der Waals surface area contributed by atoms with Gasteiger partial charge in [0.1, 0.15) is 6.61 Å². The predicted molar refractivity (Wildman–Crippen MR) is 141 cm³/mol. The number of nitrogens with zero attached hydrogens (tertiary/aromatic N) is 2. The number of primary amides is 1. The van der Waals surface area contributed by atoms with Gasteiger partial charge in [0.2, 0.25) is 5.91 Å². The molecule has 1 saturated heterocycles. The first kappa shape index (κ1) is 26.7. The van der Waals surface area contributed by atoms with E-state index in [9.17, 15) is 18.0 Å². The molecule has 0 spiro atoms. The van der Waals surface area contributed by atoms with Gasteiger partial charge in [-0.05, 0) is 84.4 Å². The Hall–Kier alpha value is -2.87. The number of halogens is 3.